The Morgan fingerprint density at radius 2 is 2.15 bits per heavy atom. The van der Waals surface area contributed by atoms with E-state index < -0.39 is 0 Å². The summed E-state index contributed by atoms with van der Waals surface area (Å²) in [6.45, 7) is 1.67. The first kappa shape index (κ1) is 16.7. The van der Waals surface area contributed by atoms with Crippen LogP contribution < -0.4 is 0 Å². The number of nitrogens with zero attached hydrogens (tertiary/aromatic N) is 4. The Hall–Kier alpha value is -2.47. The van der Waals surface area contributed by atoms with Gasteiger partial charge in [0.1, 0.15) is 10.9 Å². The predicted octanol–water partition coefficient (Wildman–Crippen LogP) is 3.44. The van der Waals surface area contributed by atoms with Gasteiger partial charge in [0, 0.05) is 31.5 Å². The van der Waals surface area contributed by atoms with Crippen LogP contribution in [0.1, 0.15) is 53.6 Å². The second-order valence-electron chi connectivity index (χ2n) is 7.76. The molecule has 0 radical (unpaired) electrons. The number of rotatable bonds is 4. The summed E-state index contributed by atoms with van der Waals surface area (Å²) in [7, 11) is 1.67. The van der Waals surface area contributed by atoms with E-state index in [0.717, 1.165) is 41.6 Å². The smallest absolute Gasteiger partial charge is 0.245 e. The average molecular weight is 365 g/mol. The van der Waals surface area contributed by atoms with Crippen molar-refractivity contribution in [1.29, 1.82) is 0 Å². The van der Waals surface area contributed by atoms with Gasteiger partial charge >= 0.3 is 0 Å². The molecule has 0 N–H and O–H groups in total. The van der Waals surface area contributed by atoms with Crippen LogP contribution in [0.5, 0.6) is 0 Å². The second-order valence-corrected chi connectivity index (χ2v) is 7.76. The lowest BCUT2D eigenvalue weighted by Gasteiger charge is -2.32. The highest BCUT2D eigenvalue weighted by molar-refractivity contribution is 5.50. The Morgan fingerprint density at radius 1 is 1.30 bits per heavy atom. The summed E-state index contributed by atoms with van der Waals surface area (Å²) in [5.74, 6) is 0.737. The predicted molar refractivity (Wildman–Crippen MR) is 102 cm³/mol. The molecule has 1 fully saturated rings. The maximum atomic E-state index is 12.7. The molecule has 1 aromatic carbocycles. The van der Waals surface area contributed by atoms with Gasteiger partial charge in [-0.15, -0.1) is 5.01 Å². The van der Waals surface area contributed by atoms with Crippen molar-refractivity contribution in [3.8, 4) is 0 Å². The third kappa shape index (κ3) is 2.98. The highest BCUT2D eigenvalue weighted by atomic mass is 16.5. The summed E-state index contributed by atoms with van der Waals surface area (Å²) < 4.78 is 7.23. The first-order valence-electron chi connectivity index (χ1n) is 9.78. The summed E-state index contributed by atoms with van der Waals surface area (Å²) >= 11 is 0. The summed E-state index contributed by atoms with van der Waals surface area (Å²) in [6, 6.07) is 6.78. The van der Waals surface area contributed by atoms with E-state index in [9.17, 15) is 4.91 Å². The second kappa shape index (κ2) is 6.60. The minimum Gasteiger partial charge on any atom is -0.378 e. The summed E-state index contributed by atoms with van der Waals surface area (Å²) in [4.78, 5) is 18.3. The van der Waals surface area contributed by atoms with Crippen LogP contribution in [-0.2, 0) is 17.8 Å². The van der Waals surface area contributed by atoms with Gasteiger partial charge in [0.05, 0.1) is 30.1 Å². The number of imidazole rings is 1. The van der Waals surface area contributed by atoms with Crippen LogP contribution in [0.15, 0.2) is 36.8 Å². The van der Waals surface area contributed by atoms with E-state index in [-0.39, 0.29) is 6.04 Å². The van der Waals surface area contributed by atoms with Crippen molar-refractivity contribution >= 4 is 5.70 Å². The molecule has 1 aromatic heterocycles. The number of aromatic nitrogens is 2. The molecule has 5 rings (SSSR count). The van der Waals surface area contributed by atoms with Gasteiger partial charge in [-0.1, -0.05) is 18.2 Å². The van der Waals surface area contributed by atoms with Gasteiger partial charge in [-0.2, -0.15) is 0 Å². The molecule has 0 amide bonds. The van der Waals surface area contributed by atoms with Crippen molar-refractivity contribution in [3.63, 3.8) is 0 Å². The van der Waals surface area contributed by atoms with E-state index in [2.05, 4.69) is 23.2 Å². The fourth-order valence-corrected chi connectivity index (χ4v) is 4.55. The lowest BCUT2D eigenvalue weighted by atomic mass is 9.86. The van der Waals surface area contributed by atoms with Crippen LogP contribution >= 0.6 is 0 Å². The Balaban J connectivity index is 1.51. The quantitative estimate of drug-likeness (QED) is 0.779. The highest BCUT2D eigenvalue weighted by Gasteiger charge is 2.40. The minimum atomic E-state index is 0.0898. The number of hydrogen-bond donors (Lipinski definition) is 0. The van der Waals surface area contributed by atoms with Crippen molar-refractivity contribution in [2.45, 2.75) is 44.2 Å². The topological polar surface area (TPSA) is 50.4 Å². The van der Waals surface area contributed by atoms with Gasteiger partial charge in [-0.25, -0.2) is 4.98 Å². The molecule has 6 nitrogen and oxygen atoms in total. The fraction of sp³-hybridized carbons (Fsp3) is 0.476. The van der Waals surface area contributed by atoms with Crippen LogP contribution in [-0.4, -0.2) is 39.6 Å². The Labute approximate surface area is 159 Å². The molecular formula is C21H25N4O2+. The van der Waals surface area contributed by atoms with Crippen LogP contribution in [0, 0.1) is 4.91 Å². The minimum absolute atomic E-state index is 0.0898. The lowest BCUT2D eigenvalue weighted by Crippen LogP contribution is -2.41. The van der Waals surface area contributed by atoms with E-state index >= 15 is 0 Å². The number of fused-ring (bicyclic) bond motifs is 3. The molecule has 0 spiro atoms. The van der Waals surface area contributed by atoms with E-state index in [0.29, 0.717) is 13.2 Å². The molecular weight excluding hydrogens is 340 g/mol. The summed E-state index contributed by atoms with van der Waals surface area (Å²) in [6.07, 6.45) is 10.3. The largest absolute Gasteiger partial charge is 0.378 e. The van der Waals surface area contributed by atoms with Gasteiger partial charge in [0.25, 0.3) is 0 Å². The monoisotopic (exact) mass is 365 g/mol. The lowest BCUT2D eigenvalue weighted by molar-refractivity contribution is -0.710. The maximum absolute atomic E-state index is 12.7. The molecule has 140 valence electrons. The zero-order valence-electron chi connectivity index (χ0n) is 15.7. The number of hydrazine groups is 1. The number of nitroso groups, excluding NO2 is 1. The van der Waals surface area contributed by atoms with Gasteiger partial charge in [0.15, 0.2) is 0 Å². The standard InChI is InChI=1S/C21H25N4O2/c1-27-13-16-12-23(14-22-16)17-7-10-25(26)24-9-8-19-18(15-5-6-15)3-2-4-20(19)21(24)11-17/h2-4,7,12,14-15,21H,5-6,8-11,13H2,1H3/q+1. The van der Waals surface area contributed by atoms with Crippen LogP contribution in [0.2, 0.25) is 0 Å². The molecule has 2 aromatic rings. The van der Waals surface area contributed by atoms with Crippen molar-refractivity contribution in [2.24, 2.45) is 0 Å². The van der Waals surface area contributed by atoms with Crippen molar-refractivity contribution in [1.82, 2.24) is 14.6 Å². The van der Waals surface area contributed by atoms with E-state index in [1.807, 2.05) is 28.2 Å². The Bertz CT molecular complexity index is 913. The van der Waals surface area contributed by atoms with E-state index in [4.69, 9.17) is 4.74 Å². The Morgan fingerprint density at radius 3 is 2.96 bits per heavy atom. The molecule has 3 heterocycles. The van der Waals surface area contributed by atoms with Crippen LogP contribution in [0.4, 0.5) is 0 Å². The molecule has 3 aliphatic rings. The maximum Gasteiger partial charge on any atom is 0.245 e. The van der Waals surface area contributed by atoms with Crippen molar-refractivity contribution in [3.05, 3.63) is 64.1 Å². The van der Waals surface area contributed by atoms with E-state index in [1.54, 1.807) is 7.11 Å². The van der Waals surface area contributed by atoms with E-state index in [1.165, 1.54) is 29.5 Å². The number of hydrogen-bond acceptors (Lipinski definition) is 3. The first-order chi connectivity index (χ1) is 13.2. The summed E-state index contributed by atoms with van der Waals surface area (Å²) in [5.41, 5.74) is 6.36. The number of benzene rings is 1. The zero-order valence-corrected chi connectivity index (χ0v) is 15.7. The molecule has 6 heteroatoms. The molecule has 0 saturated heterocycles. The summed E-state index contributed by atoms with van der Waals surface area (Å²) in [5, 5.41) is 2.01. The molecule has 1 aliphatic carbocycles. The molecule has 0 bridgehead atoms. The molecule has 27 heavy (non-hydrogen) atoms. The molecule has 1 saturated carbocycles. The normalized spacial score (nSPS) is 22.1. The van der Waals surface area contributed by atoms with Gasteiger partial charge in [-0.3, -0.25) is 0 Å². The third-order valence-corrected chi connectivity index (χ3v) is 6.01. The van der Waals surface area contributed by atoms with Crippen molar-refractivity contribution < 1.29 is 9.61 Å². The van der Waals surface area contributed by atoms with Gasteiger partial charge in [0.2, 0.25) is 6.54 Å². The first-order valence-corrected chi connectivity index (χ1v) is 9.78. The van der Waals surface area contributed by atoms with Crippen LogP contribution in [0.3, 0.4) is 0 Å². The Kier molecular flexibility index (Phi) is 4.08. The van der Waals surface area contributed by atoms with Crippen molar-refractivity contribution in [2.75, 3.05) is 20.2 Å². The van der Waals surface area contributed by atoms with Crippen LogP contribution in [0.25, 0.3) is 5.70 Å². The van der Waals surface area contributed by atoms with Gasteiger partial charge in [-0.05, 0) is 41.9 Å². The zero-order chi connectivity index (χ0) is 18.4. The number of methoxy groups -OCH3 is 1. The molecule has 2 aliphatic heterocycles. The third-order valence-electron chi connectivity index (χ3n) is 6.01. The average Bonchev–Trinajstić information content (AvgIpc) is 3.45. The highest BCUT2D eigenvalue weighted by Crippen LogP contribution is 2.46. The van der Waals surface area contributed by atoms with Gasteiger partial charge < -0.3 is 9.30 Å². The fourth-order valence-electron chi connectivity index (χ4n) is 4.55. The molecule has 1 atom stereocenters. The molecule has 1 unspecified atom stereocenters. The SMILES string of the molecule is COCc1cn(C2=CC[N+](=O)N3CCc4c(C5CC5)cccc4C3C2)cn1. The number of ether oxygens (including phenoxy) is 1.